The fourth-order valence-corrected chi connectivity index (χ4v) is 0.426. The molecule has 0 bridgehead atoms. The molecule has 0 spiro atoms. The molecular formula is C8H14N2O. The van der Waals surface area contributed by atoms with Gasteiger partial charge in [-0.25, -0.2) is 4.79 Å². The summed E-state index contributed by atoms with van der Waals surface area (Å²) in [6.45, 7) is 7.78. The average Bonchev–Trinajstić information content (AvgIpc) is 1.97. The van der Waals surface area contributed by atoms with Crippen LogP contribution in [0.1, 0.15) is 13.8 Å². The van der Waals surface area contributed by atoms with Crippen molar-refractivity contribution in [2.24, 2.45) is 0 Å². The molecule has 3 heteroatoms. The zero-order valence-electron chi connectivity index (χ0n) is 6.98. The van der Waals surface area contributed by atoms with Crippen LogP contribution in [-0.4, -0.2) is 12.6 Å². The Balaban J connectivity index is 3.53. The van der Waals surface area contributed by atoms with E-state index in [0.717, 1.165) is 5.57 Å². The highest BCUT2D eigenvalue weighted by molar-refractivity contribution is 5.75. The number of carbonyl (C=O) groups is 1. The number of hydrogen-bond acceptors (Lipinski definition) is 1. The minimum Gasteiger partial charge on any atom is -0.334 e. The zero-order chi connectivity index (χ0) is 8.69. The van der Waals surface area contributed by atoms with Crippen molar-refractivity contribution in [3.8, 4) is 0 Å². The minimum absolute atomic E-state index is 0.203. The second-order valence-corrected chi connectivity index (χ2v) is 2.36. The van der Waals surface area contributed by atoms with Gasteiger partial charge in [-0.3, -0.25) is 0 Å². The summed E-state index contributed by atoms with van der Waals surface area (Å²) >= 11 is 0. The van der Waals surface area contributed by atoms with Crippen molar-refractivity contribution >= 4 is 6.03 Å². The minimum atomic E-state index is -0.203. The van der Waals surface area contributed by atoms with Crippen LogP contribution in [0.5, 0.6) is 0 Å². The lowest BCUT2D eigenvalue weighted by Gasteiger charge is -2.00. The summed E-state index contributed by atoms with van der Waals surface area (Å²) in [6, 6.07) is -0.203. The summed E-state index contributed by atoms with van der Waals surface area (Å²) in [5, 5.41) is 5.13. The first kappa shape index (κ1) is 9.75. The van der Waals surface area contributed by atoms with Crippen LogP contribution in [0.15, 0.2) is 24.4 Å². The van der Waals surface area contributed by atoms with E-state index in [1.54, 1.807) is 12.3 Å². The molecule has 0 aliphatic carbocycles. The van der Waals surface area contributed by atoms with Crippen LogP contribution < -0.4 is 10.6 Å². The molecule has 2 amide bonds. The van der Waals surface area contributed by atoms with E-state index in [-0.39, 0.29) is 6.03 Å². The van der Waals surface area contributed by atoms with Crippen LogP contribution in [-0.2, 0) is 0 Å². The number of allylic oxidation sites excluding steroid dienone is 1. The molecule has 0 aliphatic rings. The Kier molecular flexibility index (Phi) is 4.90. The molecule has 0 saturated heterocycles. The molecule has 0 rings (SSSR count). The number of amides is 2. The monoisotopic (exact) mass is 154 g/mol. The second kappa shape index (κ2) is 5.53. The smallest absolute Gasteiger partial charge is 0.319 e. The summed E-state index contributed by atoms with van der Waals surface area (Å²) in [5.41, 5.74) is 1.05. The summed E-state index contributed by atoms with van der Waals surface area (Å²) in [5.74, 6) is 0. The lowest BCUT2D eigenvalue weighted by Crippen LogP contribution is -2.32. The highest BCUT2D eigenvalue weighted by atomic mass is 16.2. The predicted octanol–water partition coefficient (Wildman–Crippen LogP) is 1.40. The van der Waals surface area contributed by atoms with Crippen molar-refractivity contribution in [2.75, 3.05) is 6.54 Å². The molecule has 0 heterocycles. The van der Waals surface area contributed by atoms with Gasteiger partial charge in [0.2, 0.25) is 0 Å². The Morgan fingerprint density at radius 2 is 2.18 bits per heavy atom. The molecule has 0 radical (unpaired) electrons. The van der Waals surface area contributed by atoms with Gasteiger partial charge in [-0.15, -0.1) is 6.58 Å². The van der Waals surface area contributed by atoms with E-state index >= 15 is 0 Å². The van der Waals surface area contributed by atoms with Crippen LogP contribution in [0.25, 0.3) is 0 Å². The molecule has 0 aromatic rings. The first-order valence-electron chi connectivity index (χ1n) is 3.45. The molecule has 2 N–H and O–H groups in total. The molecule has 0 unspecified atom stereocenters. The summed E-state index contributed by atoms with van der Waals surface area (Å²) in [7, 11) is 0. The van der Waals surface area contributed by atoms with Gasteiger partial charge in [-0.1, -0.05) is 11.6 Å². The largest absolute Gasteiger partial charge is 0.334 e. The number of rotatable bonds is 3. The molecular weight excluding hydrogens is 140 g/mol. The van der Waals surface area contributed by atoms with Gasteiger partial charge in [0.15, 0.2) is 0 Å². The summed E-state index contributed by atoms with van der Waals surface area (Å²) < 4.78 is 0. The van der Waals surface area contributed by atoms with Gasteiger partial charge in [0.05, 0.1) is 0 Å². The SMILES string of the molecule is C=CCNC(=O)NC=C(C)C. The van der Waals surface area contributed by atoms with Gasteiger partial charge in [-0.05, 0) is 13.8 Å². The Hall–Kier alpha value is -1.25. The van der Waals surface area contributed by atoms with E-state index < -0.39 is 0 Å². The number of hydrogen-bond donors (Lipinski definition) is 2. The van der Waals surface area contributed by atoms with Gasteiger partial charge >= 0.3 is 6.03 Å². The van der Waals surface area contributed by atoms with E-state index in [4.69, 9.17) is 0 Å². The summed E-state index contributed by atoms with van der Waals surface area (Å²) in [4.78, 5) is 10.8. The van der Waals surface area contributed by atoms with Gasteiger partial charge in [0.1, 0.15) is 0 Å². The van der Waals surface area contributed by atoms with Crippen LogP contribution in [0.3, 0.4) is 0 Å². The highest BCUT2D eigenvalue weighted by Gasteiger charge is 1.91. The lowest BCUT2D eigenvalue weighted by molar-refractivity contribution is 0.245. The van der Waals surface area contributed by atoms with Gasteiger partial charge in [-0.2, -0.15) is 0 Å². The van der Waals surface area contributed by atoms with Crippen molar-refractivity contribution in [3.63, 3.8) is 0 Å². The Labute approximate surface area is 67.2 Å². The van der Waals surface area contributed by atoms with Crippen LogP contribution in [0.4, 0.5) is 4.79 Å². The van der Waals surface area contributed by atoms with E-state index in [9.17, 15) is 4.79 Å². The third-order valence-electron chi connectivity index (χ3n) is 0.899. The van der Waals surface area contributed by atoms with Crippen molar-refractivity contribution in [1.29, 1.82) is 0 Å². The molecule has 0 atom stereocenters. The Morgan fingerprint density at radius 3 is 2.64 bits per heavy atom. The third kappa shape index (κ3) is 6.64. The van der Waals surface area contributed by atoms with Gasteiger partial charge in [0, 0.05) is 12.7 Å². The average molecular weight is 154 g/mol. The number of carbonyl (C=O) groups excluding carboxylic acids is 1. The molecule has 3 nitrogen and oxygen atoms in total. The second-order valence-electron chi connectivity index (χ2n) is 2.36. The number of urea groups is 1. The molecule has 0 aromatic heterocycles. The van der Waals surface area contributed by atoms with Crippen molar-refractivity contribution in [2.45, 2.75) is 13.8 Å². The topological polar surface area (TPSA) is 41.1 Å². The Morgan fingerprint density at radius 1 is 1.55 bits per heavy atom. The van der Waals surface area contributed by atoms with Crippen molar-refractivity contribution in [3.05, 3.63) is 24.4 Å². The van der Waals surface area contributed by atoms with Crippen molar-refractivity contribution in [1.82, 2.24) is 10.6 Å². The van der Waals surface area contributed by atoms with Crippen molar-refractivity contribution < 1.29 is 4.79 Å². The van der Waals surface area contributed by atoms with Gasteiger partial charge in [0.25, 0.3) is 0 Å². The maximum Gasteiger partial charge on any atom is 0.319 e. The predicted molar refractivity (Wildman–Crippen MR) is 46.2 cm³/mol. The first-order valence-corrected chi connectivity index (χ1v) is 3.45. The maximum atomic E-state index is 10.8. The highest BCUT2D eigenvalue weighted by Crippen LogP contribution is 1.82. The van der Waals surface area contributed by atoms with E-state index in [1.807, 2.05) is 13.8 Å². The molecule has 62 valence electrons. The van der Waals surface area contributed by atoms with E-state index in [0.29, 0.717) is 6.54 Å². The zero-order valence-corrected chi connectivity index (χ0v) is 6.98. The molecule has 0 saturated carbocycles. The lowest BCUT2D eigenvalue weighted by atomic mass is 10.4. The molecule has 0 fully saturated rings. The number of nitrogens with one attached hydrogen (secondary N) is 2. The third-order valence-corrected chi connectivity index (χ3v) is 0.899. The van der Waals surface area contributed by atoms with Crippen LogP contribution in [0.2, 0.25) is 0 Å². The van der Waals surface area contributed by atoms with Gasteiger partial charge < -0.3 is 10.6 Å². The van der Waals surface area contributed by atoms with E-state index in [1.165, 1.54) is 0 Å². The molecule has 11 heavy (non-hydrogen) atoms. The van der Waals surface area contributed by atoms with Crippen LogP contribution in [0, 0.1) is 0 Å². The quantitative estimate of drug-likeness (QED) is 0.593. The normalized spacial score (nSPS) is 8.18. The Bertz CT molecular complexity index is 169. The van der Waals surface area contributed by atoms with E-state index in [2.05, 4.69) is 17.2 Å². The standard InChI is InChI=1S/C8H14N2O/c1-4-5-9-8(11)10-6-7(2)3/h4,6H,1,5H2,2-3H3,(H2,9,10,11). The summed E-state index contributed by atoms with van der Waals surface area (Å²) in [6.07, 6.45) is 3.28. The first-order chi connectivity index (χ1) is 5.16. The fourth-order valence-electron chi connectivity index (χ4n) is 0.426. The molecule has 0 aliphatic heterocycles. The van der Waals surface area contributed by atoms with Crippen LogP contribution >= 0.6 is 0 Å². The molecule has 0 aromatic carbocycles. The fraction of sp³-hybridized carbons (Fsp3) is 0.375. The maximum absolute atomic E-state index is 10.8.